The predicted octanol–water partition coefficient (Wildman–Crippen LogP) is 4.16. The van der Waals surface area contributed by atoms with Gasteiger partial charge in [0.05, 0.1) is 11.3 Å². The van der Waals surface area contributed by atoms with Crippen LogP contribution in [0.3, 0.4) is 0 Å². The number of hydrogen-bond donors (Lipinski definition) is 1. The fraction of sp³-hybridized carbons (Fsp3) is 0.417. The number of benzene rings is 2. The Morgan fingerprint density at radius 2 is 1.67 bits per heavy atom. The van der Waals surface area contributed by atoms with E-state index in [0.717, 1.165) is 13.1 Å². The van der Waals surface area contributed by atoms with E-state index < -0.39 is 0 Å². The van der Waals surface area contributed by atoms with Crippen LogP contribution < -0.4 is 5.32 Å². The van der Waals surface area contributed by atoms with Crippen molar-refractivity contribution in [3.63, 3.8) is 0 Å². The molecule has 0 aliphatic carbocycles. The van der Waals surface area contributed by atoms with Gasteiger partial charge in [0.2, 0.25) is 5.91 Å². The Morgan fingerprint density at radius 3 is 2.33 bits per heavy atom. The number of likely N-dealkylation sites (tertiary alicyclic amines) is 1. The number of anilines is 1. The molecule has 0 aromatic heterocycles. The van der Waals surface area contributed by atoms with Crippen LogP contribution in [0.2, 0.25) is 0 Å². The average molecular weight is 412 g/mol. The van der Waals surface area contributed by atoms with E-state index in [1.807, 2.05) is 32.0 Å². The quantitative estimate of drug-likeness (QED) is 0.744. The summed E-state index contributed by atoms with van der Waals surface area (Å²) in [5.74, 6) is -0.429. The van der Waals surface area contributed by atoms with Crippen LogP contribution in [-0.4, -0.2) is 47.8 Å². The zero-order valence-corrected chi connectivity index (χ0v) is 17.7. The molecule has 1 N–H and O–H groups in total. The van der Waals surface area contributed by atoms with E-state index in [1.165, 1.54) is 6.07 Å². The molecule has 1 saturated heterocycles. The van der Waals surface area contributed by atoms with Crippen molar-refractivity contribution in [2.24, 2.45) is 5.92 Å². The largest absolute Gasteiger partial charge is 0.339 e. The molecular weight excluding hydrogens is 381 g/mol. The van der Waals surface area contributed by atoms with Crippen molar-refractivity contribution in [3.05, 3.63) is 65.5 Å². The first kappa shape index (κ1) is 22.0. The van der Waals surface area contributed by atoms with Gasteiger partial charge >= 0.3 is 0 Å². The highest BCUT2D eigenvalue weighted by molar-refractivity contribution is 6.04. The molecule has 0 unspecified atom stereocenters. The minimum atomic E-state index is -0.188. The minimum absolute atomic E-state index is 0.0552. The molecule has 5 nitrogen and oxygen atoms in total. The summed E-state index contributed by atoms with van der Waals surface area (Å²) in [6.45, 7) is 7.17. The van der Waals surface area contributed by atoms with Gasteiger partial charge < -0.3 is 10.2 Å². The van der Waals surface area contributed by atoms with Crippen molar-refractivity contribution < 1.29 is 14.0 Å². The third-order valence-electron chi connectivity index (χ3n) is 5.78. The molecule has 3 rings (SSSR count). The summed E-state index contributed by atoms with van der Waals surface area (Å²) in [7, 11) is 0. The van der Waals surface area contributed by atoms with Gasteiger partial charge in [0.15, 0.2) is 0 Å². The van der Waals surface area contributed by atoms with Crippen LogP contribution in [0.5, 0.6) is 0 Å². The van der Waals surface area contributed by atoms with Gasteiger partial charge in [0.25, 0.3) is 5.91 Å². The van der Waals surface area contributed by atoms with Gasteiger partial charge in [-0.15, -0.1) is 0 Å². The summed E-state index contributed by atoms with van der Waals surface area (Å²) < 4.78 is 13.9. The van der Waals surface area contributed by atoms with E-state index in [-0.39, 0.29) is 23.5 Å². The fourth-order valence-corrected chi connectivity index (χ4v) is 3.92. The van der Waals surface area contributed by atoms with Gasteiger partial charge in [-0.25, -0.2) is 4.39 Å². The highest BCUT2D eigenvalue weighted by Gasteiger charge is 2.26. The van der Waals surface area contributed by atoms with Crippen LogP contribution in [0.4, 0.5) is 10.1 Å². The van der Waals surface area contributed by atoms with Gasteiger partial charge in [0, 0.05) is 31.1 Å². The number of amides is 2. The molecule has 6 heteroatoms. The third-order valence-corrected chi connectivity index (χ3v) is 5.78. The second-order valence-corrected chi connectivity index (χ2v) is 7.65. The fourth-order valence-electron chi connectivity index (χ4n) is 3.92. The van der Waals surface area contributed by atoms with E-state index in [2.05, 4.69) is 10.2 Å². The zero-order chi connectivity index (χ0) is 21.5. The maximum absolute atomic E-state index is 13.9. The lowest BCUT2D eigenvalue weighted by molar-refractivity contribution is -0.121. The van der Waals surface area contributed by atoms with Crippen molar-refractivity contribution >= 4 is 17.5 Å². The number of rotatable bonds is 7. The first-order valence-electron chi connectivity index (χ1n) is 10.7. The molecule has 1 heterocycles. The van der Waals surface area contributed by atoms with Gasteiger partial charge in [-0.1, -0.05) is 30.3 Å². The molecule has 2 amide bonds. The molecule has 0 atom stereocenters. The number of nitrogens with zero attached hydrogens (tertiary/aromatic N) is 2. The Morgan fingerprint density at radius 1 is 1.03 bits per heavy atom. The van der Waals surface area contributed by atoms with Gasteiger partial charge in [-0.3, -0.25) is 14.5 Å². The van der Waals surface area contributed by atoms with E-state index in [0.29, 0.717) is 49.3 Å². The Hall–Kier alpha value is -2.73. The number of nitrogens with one attached hydrogen (secondary N) is 1. The van der Waals surface area contributed by atoms with Crippen molar-refractivity contribution in [1.29, 1.82) is 0 Å². The Labute approximate surface area is 177 Å². The van der Waals surface area contributed by atoms with Crippen LogP contribution in [0.25, 0.3) is 0 Å². The first-order chi connectivity index (χ1) is 14.5. The highest BCUT2D eigenvalue weighted by atomic mass is 19.1. The van der Waals surface area contributed by atoms with Crippen molar-refractivity contribution in [2.45, 2.75) is 33.2 Å². The maximum atomic E-state index is 13.9. The summed E-state index contributed by atoms with van der Waals surface area (Å²) in [4.78, 5) is 29.5. The molecule has 1 fully saturated rings. The number of halogens is 1. The standard InChI is InChI=1S/C24H30FN3O2/c1-3-28(4-2)24(30)20-10-6-8-12-22(20)26-23(29)18-13-15-27(16-14-18)17-19-9-5-7-11-21(19)25/h5-12,18H,3-4,13-17H2,1-2H3,(H,26,29). The molecule has 1 aliphatic rings. The van der Waals surface area contributed by atoms with Crippen LogP contribution >= 0.6 is 0 Å². The Kier molecular flexibility index (Phi) is 7.57. The van der Waals surface area contributed by atoms with Gasteiger partial charge in [0.1, 0.15) is 5.82 Å². The van der Waals surface area contributed by atoms with Crippen LogP contribution in [-0.2, 0) is 11.3 Å². The number of carbonyl (C=O) groups excluding carboxylic acids is 2. The van der Waals surface area contributed by atoms with Gasteiger partial charge in [-0.05, 0) is 58.0 Å². The molecule has 0 radical (unpaired) electrons. The van der Waals surface area contributed by atoms with E-state index in [1.54, 1.807) is 29.2 Å². The number of para-hydroxylation sites is 1. The van der Waals surface area contributed by atoms with E-state index >= 15 is 0 Å². The van der Waals surface area contributed by atoms with Crippen molar-refractivity contribution in [1.82, 2.24) is 9.80 Å². The molecule has 30 heavy (non-hydrogen) atoms. The second kappa shape index (κ2) is 10.3. The van der Waals surface area contributed by atoms with E-state index in [4.69, 9.17) is 0 Å². The molecule has 0 saturated carbocycles. The SMILES string of the molecule is CCN(CC)C(=O)c1ccccc1NC(=O)C1CCN(Cc2ccccc2F)CC1. The number of carbonyl (C=O) groups is 2. The topological polar surface area (TPSA) is 52.7 Å². The van der Waals surface area contributed by atoms with Crippen LogP contribution in [0.15, 0.2) is 48.5 Å². The second-order valence-electron chi connectivity index (χ2n) is 7.65. The van der Waals surface area contributed by atoms with Crippen molar-refractivity contribution in [2.75, 3.05) is 31.5 Å². The lowest BCUT2D eigenvalue weighted by Crippen LogP contribution is -2.38. The normalized spacial score (nSPS) is 15.0. The Bertz CT molecular complexity index is 874. The van der Waals surface area contributed by atoms with E-state index in [9.17, 15) is 14.0 Å². The molecule has 0 spiro atoms. The average Bonchev–Trinajstić information content (AvgIpc) is 2.77. The lowest BCUT2D eigenvalue weighted by Gasteiger charge is -2.31. The Balaban J connectivity index is 1.59. The molecule has 160 valence electrons. The maximum Gasteiger partial charge on any atom is 0.255 e. The zero-order valence-electron chi connectivity index (χ0n) is 17.7. The van der Waals surface area contributed by atoms with Crippen LogP contribution in [0.1, 0.15) is 42.6 Å². The smallest absolute Gasteiger partial charge is 0.255 e. The first-order valence-corrected chi connectivity index (χ1v) is 10.7. The number of piperidine rings is 1. The highest BCUT2D eigenvalue weighted by Crippen LogP contribution is 2.23. The molecule has 0 bridgehead atoms. The molecule has 1 aliphatic heterocycles. The molecular formula is C24H30FN3O2. The third kappa shape index (κ3) is 5.25. The predicted molar refractivity (Wildman–Crippen MR) is 117 cm³/mol. The summed E-state index contributed by atoms with van der Waals surface area (Å²) in [5, 5.41) is 2.97. The minimum Gasteiger partial charge on any atom is -0.339 e. The summed E-state index contributed by atoms with van der Waals surface area (Å²) in [6.07, 6.45) is 1.43. The monoisotopic (exact) mass is 411 g/mol. The van der Waals surface area contributed by atoms with Crippen LogP contribution in [0, 0.1) is 11.7 Å². The molecule has 2 aromatic rings. The summed E-state index contributed by atoms with van der Waals surface area (Å²) >= 11 is 0. The molecule has 2 aromatic carbocycles. The van der Waals surface area contributed by atoms with Gasteiger partial charge in [-0.2, -0.15) is 0 Å². The number of hydrogen-bond acceptors (Lipinski definition) is 3. The summed E-state index contributed by atoms with van der Waals surface area (Å²) in [6, 6.07) is 14.0. The summed E-state index contributed by atoms with van der Waals surface area (Å²) in [5.41, 5.74) is 1.77. The lowest BCUT2D eigenvalue weighted by atomic mass is 9.95. The van der Waals surface area contributed by atoms with Crippen molar-refractivity contribution in [3.8, 4) is 0 Å².